The summed E-state index contributed by atoms with van der Waals surface area (Å²) in [6.45, 7) is 8.59. The molecule has 18 heavy (non-hydrogen) atoms. The van der Waals surface area contributed by atoms with Crippen molar-refractivity contribution < 1.29 is 0 Å². The van der Waals surface area contributed by atoms with Crippen molar-refractivity contribution in [1.29, 1.82) is 0 Å². The molecule has 0 saturated carbocycles. The SMILES string of the molecule is CCC(CC)C(C)Nc1cc(C(N)=S)cc(C)n1. The maximum absolute atomic E-state index is 5.67. The fourth-order valence-corrected chi connectivity index (χ4v) is 2.35. The number of aromatic nitrogens is 1. The van der Waals surface area contributed by atoms with Gasteiger partial charge in [-0.25, -0.2) is 4.98 Å². The Morgan fingerprint density at radius 2 is 2.00 bits per heavy atom. The van der Waals surface area contributed by atoms with E-state index in [1.807, 2.05) is 19.1 Å². The quantitative estimate of drug-likeness (QED) is 0.775. The first kappa shape index (κ1) is 14.9. The van der Waals surface area contributed by atoms with E-state index < -0.39 is 0 Å². The highest BCUT2D eigenvalue weighted by molar-refractivity contribution is 7.80. The summed E-state index contributed by atoms with van der Waals surface area (Å²) >= 11 is 5.01. The van der Waals surface area contributed by atoms with Crippen molar-refractivity contribution >= 4 is 23.0 Å². The second kappa shape index (κ2) is 6.69. The molecule has 1 aromatic rings. The highest BCUT2D eigenvalue weighted by atomic mass is 32.1. The normalized spacial score (nSPS) is 12.5. The number of nitrogens with one attached hydrogen (secondary N) is 1. The van der Waals surface area contributed by atoms with Crippen LogP contribution >= 0.6 is 12.2 Å². The van der Waals surface area contributed by atoms with E-state index in [0.29, 0.717) is 16.9 Å². The molecule has 3 N–H and O–H groups in total. The molecule has 0 radical (unpaired) electrons. The lowest BCUT2D eigenvalue weighted by molar-refractivity contribution is 0.437. The monoisotopic (exact) mass is 265 g/mol. The Bertz CT molecular complexity index is 414. The number of hydrogen-bond donors (Lipinski definition) is 2. The average molecular weight is 265 g/mol. The van der Waals surface area contributed by atoms with Gasteiger partial charge in [0.1, 0.15) is 10.8 Å². The van der Waals surface area contributed by atoms with Crippen molar-refractivity contribution in [1.82, 2.24) is 4.98 Å². The van der Waals surface area contributed by atoms with Gasteiger partial charge in [0.15, 0.2) is 0 Å². The second-order valence-electron chi connectivity index (χ2n) is 4.76. The van der Waals surface area contributed by atoms with E-state index in [1.165, 1.54) is 12.8 Å². The summed E-state index contributed by atoms with van der Waals surface area (Å²) in [5.74, 6) is 1.51. The first-order valence-corrected chi connectivity index (χ1v) is 6.93. The van der Waals surface area contributed by atoms with Gasteiger partial charge in [0.25, 0.3) is 0 Å². The van der Waals surface area contributed by atoms with Crippen molar-refractivity contribution in [3.8, 4) is 0 Å². The van der Waals surface area contributed by atoms with Crippen LogP contribution < -0.4 is 11.1 Å². The zero-order chi connectivity index (χ0) is 13.7. The van der Waals surface area contributed by atoms with Crippen LogP contribution in [0.15, 0.2) is 12.1 Å². The van der Waals surface area contributed by atoms with Crippen LogP contribution in [0.3, 0.4) is 0 Å². The van der Waals surface area contributed by atoms with Crippen molar-refractivity contribution in [2.24, 2.45) is 11.7 Å². The van der Waals surface area contributed by atoms with E-state index in [4.69, 9.17) is 18.0 Å². The predicted octanol–water partition coefficient (Wildman–Crippen LogP) is 3.26. The van der Waals surface area contributed by atoms with E-state index in [-0.39, 0.29) is 0 Å². The highest BCUT2D eigenvalue weighted by Gasteiger charge is 2.14. The van der Waals surface area contributed by atoms with Crippen LogP contribution in [0.2, 0.25) is 0 Å². The molecule has 0 fully saturated rings. The third-order valence-corrected chi connectivity index (χ3v) is 3.61. The number of rotatable bonds is 6. The lowest BCUT2D eigenvalue weighted by Gasteiger charge is -2.23. The minimum atomic E-state index is 0.397. The third-order valence-electron chi connectivity index (χ3n) is 3.37. The number of pyridine rings is 1. The van der Waals surface area contributed by atoms with Crippen LogP contribution in [0.1, 0.15) is 44.9 Å². The minimum Gasteiger partial charge on any atom is -0.389 e. The Balaban J connectivity index is 2.87. The van der Waals surface area contributed by atoms with E-state index >= 15 is 0 Å². The Morgan fingerprint density at radius 3 is 2.50 bits per heavy atom. The van der Waals surface area contributed by atoms with Crippen molar-refractivity contribution in [3.05, 3.63) is 23.4 Å². The summed E-state index contributed by atoms with van der Waals surface area (Å²) < 4.78 is 0. The molecule has 3 nitrogen and oxygen atoms in total. The summed E-state index contributed by atoms with van der Waals surface area (Å²) in [6.07, 6.45) is 2.33. The van der Waals surface area contributed by atoms with Crippen molar-refractivity contribution in [3.63, 3.8) is 0 Å². The van der Waals surface area contributed by atoms with Gasteiger partial charge >= 0.3 is 0 Å². The smallest absolute Gasteiger partial charge is 0.127 e. The molecule has 1 atom stereocenters. The average Bonchev–Trinajstić information content (AvgIpc) is 2.29. The van der Waals surface area contributed by atoms with Crippen LogP contribution in [0, 0.1) is 12.8 Å². The Kier molecular flexibility index (Phi) is 5.54. The van der Waals surface area contributed by atoms with Crippen molar-refractivity contribution in [2.75, 3.05) is 5.32 Å². The highest BCUT2D eigenvalue weighted by Crippen LogP contribution is 2.18. The molecule has 1 unspecified atom stereocenters. The molecule has 4 heteroatoms. The second-order valence-corrected chi connectivity index (χ2v) is 5.20. The lowest BCUT2D eigenvalue weighted by Crippen LogP contribution is -2.26. The molecular formula is C14H23N3S. The molecule has 1 heterocycles. The lowest BCUT2D eigenvalue weighted by atomic mass is 9.95. The van der Waals surface area contributed by atoms with Gasteiger partial charge in [0, 0.05) is 17.3 Å². The first-order chi connectivity index (χ1) is 8.47. The molecule has 1 aromatic heterocycles. The summed E-state index contributed by atoms with van der Waals surface area (Å²) in [5, 5.41) is 3.45. The summed E-state index contributed by atoms with van der Waals surface area (Å²) in [7, 11) is 0. The molecule has 0 amide bonds. The number of nitrogens with two attached hydrogens (primary N) is 1. The molecule has 100 valence electrons. The zero-order valence-electron chi connectivity index (χ0n) is 11.7. The predicted molar refractivity (Wildman–Crippen MR) is 82.0 cm³/mol. The number of aryl methyl sites for hydroxylation is 1. The van der Waals surface area contributed by atoms with Crippen LogP contribution in [0.4, 0.5) is 5.82 Å². The molecule has 0 spiro atoms. The van der Waals surface area contributed by atoms with Gasteiger partial charge < -0.3 is 11.1 Å². The topological polar surface area (TPSA) is 50.9 Å². The van der Waals surface area contributed by atoms with E-state index in [9.17, 15) is 0 Å². The van der Waals surface area contributed by atoms with Crippen LogP contribution in [-0.2, 0) is 0 Å². The maximum atomic E-state index is 5.67. The molecule has 0 aliphatic rings. The fourth-order valence-electron chi connectivity index (χ4n) is 2.23. The minimum absolute atomic E-state index is 0.397. The number of thiocarbonyl (C=S) groups is 1. The molecule has 0 aliphatic carbocycles. The van der Waals surface area contributed by atoms with E-state index in [0.717, 1.165) is 17.1 Å². The summed E-state index contributed by atoms with van der Waals surface area (Å²) in [5.41, 5.74) is 7.47. The first-order valence-electron chi connectivity index (χ1n) is 6.52. The van der Waals surface area contributed by atoms with Gasteiger partial charge in [-0.2, -0.15) is 0 Å². The Labute approximate surface area is 115 Å². The van der Waals surface area contributed by atoms with Crippen LogP contribution in [-0.4, -0.2) is 16.0 Å². The van der Waals surface area contributed by atoms with Crippen LogP contribution in [0.25, 0.3) is 0 Å². The van der Waals surface area contributed by atoms with Gasteiger partial charge in [0.2, 0.25) is 0 Å². The standard InChI is InChI=1S/C14H23N3S/c1-5-11(6-2)10(4)17-13-8-12(14(15)18)7-9(3)16-13/h7-8,10-11H,5-6H2,1-4H3,(H2,15,18)(H,16,17). The van der Waals surface area contributed by atoms with Crippen LogP contribution in [0.5, 0.6) is 0 Å². The Hall–Kier alpha value is -1.16. The molecule has 0 bridgehead atoms. The third kappa shape index (κ3) is 3.95. The fraction of sp³-hybridized carbons (Fsp3) is 0.571. The molecule has 0 saturated heterocycles. The molecule has 1 rings (SSSR count). The Morgan fingerprint density at radius 1 is 1.39 bits per heavy atom. The number of anilines is 1. The van der Waals surface area contributed by atoms with Gasteiger partial charge in [-0.3, -0.25) is 0 Å². The summed E-state index contributed by atoms with van der Waals surface area (Å²) in [4.78, 5) is 4.90. The number of nitrogens with zero attached hydrogens (tertiary/aromatic N) is 1. The number of hydrogen-bond acceptors (Lipinski definition) is 3. The van der Waals surface area contributed by atoms with Gasteiger partial charge in [-0.05, 0) is 31.9 Å². The summed E-state index contributed by atoms with van der Waals surface area (Å²) in [6, 6.07) is 4.23. The van der Waals surface area contributed by atoms with E-state index in [2.05, 4.69) is 31.1 Å². The maximum Gasteiger partial charge on any atom is 0.127 e. The van der Waals surface area contributed by atoms with Crippen molar-refractivity contribution in [2.45, 2.75) is 46.6 Å². The van der Waals surface area contributed by atoms with Gasteiger partial charge in [-0.15, -0.1) is 0 Å². The largest absolute Gasteiger partial charge is 0.389 e. The van der Waals surface area contributed by atoms with E-state index in [1.54, 1.807) is 0 Å². The van der Waals surface area contributed by atoms with Gasteiger partial charge in [0.05, 0.1) is 0 Å². The molecular weight excluding hydrogens is 242 g/mol. The zero-order valence-corrected chi connectivity index (χ0v) is 12.5. The van der Waals surface area contributed by atoms with Gasteiger partial charge in [-0.1, -0.05) is 38.9 Å². The molecule has 0 aromatic carbocycles. The molecule has 0 aliphatic heterocycles.